The summed E-state index contributed by atoms with van der Waals surface area (Å²) in [5, 5.41) is 8.03. The highest BCUT2D eigenvalue weighted by atomic mass is 19.1. The highest BCUT2D eigenvalue weighted by Gasteiger charge is 2.61. The van der Waals surface area contributed by atoms with Gasteiger partial charge in [0.05, 0.1) is 29.9 Å². The predicted octanol–water partition coefficient (Wildman–Crippen LogP) is 3.19. The van der Waals surface area contributed by atoms with Crippen molar-refractivity contribution in [2.45, 2.75) is 69.5 Å². The minimum atomic E-state index is -1.03. The first-order valence-electron chi connectivity index (χ1n) is 11.5. The van der Waals surface area contributed by atoms with E-state index in [9.17, 15) is 14.0 Å². The molecule has 1 N–H and O–H groups in total. The molecule has 2 aliphatic heterocycles. The third-order valence-corrected chi connectivity index (χ3v) is 6.89. The Balaban J connectivity index is 1.35. The Labute approximate surface area is 194 Å². The molecule has 34 heavy (non-hydrogen) atoms. The van der Waals surface area contributed by atoms with Crippen molar-refractivity contribution in [2.75, 3.05) is 11.9 Å². The zero-order valence-corrected chi connectivity index (χ0v) is 19.2. The lowest BCUT2D eigenvalue weighted by atomic mass is 9.69. The number of carbonyl (C=O) groups is 1. The summed E-state index contributed by atoms with van der Waals surface area (Å²) in [4.78, 5) is 30.5. The summed E-state index contributed by atoms with van der Waals surface area (Å²) in [7, 11) is 0. The predicted molar refractivity (Wildman–Crippen MR) is 122 cm³/mol. The maximum Gasteiger partial charge on any atom is 0.274 e. The molecule has 4 aliphatic rings. The fourth-order valence-corrected chi connectivity index (χ4v) is 5.24. The van der Waals surface area contributed by atoms with Crippen LogP contribution in [0, 0.1) is 0 Å². The maximum absolute atomic E-state index is 13.5. The van der Waals surface area contributed by atoms with E-state index >= 15 is 0 Å². The third kappa shape index (κ3) is 3.31. The summed E-state index contributed by atoms with van der Waals surface area (Å²) >= 11 is 0. The van der Waals surface area contributed by atoms with Gasteiger partial charge in [0, 0.05) is 37.0 Å². The normalized spacial score (nSPS) is 29.3. The number of rotatable bonds is 6. The molecule has 0 spiro atoms. The number of aromatic nitrogens is 4. The van der Waals surface area contributed by atoms with Gasteiger partial charge in [-0.05, 0) is 39.0 Å². The maximum atomic E-state index is 13.5. The van der Waals surface area contributed by atoms with E-state index in [1.807, 2.05) is 24.7 Å². The molecule has 7 rings (SSSR count). The van der Waals surface area contributed by atoms with E-state index in [2.05, 4.69) is 22.3 Å². The number of halogens is 1. The van der Waals surface area contributed by atoms with Gasteiger partial charge in [0.1, 0.15) is 17.4 Å². The van der Waals surface area contributed by atoms with Crippen LogP contribution in [0.5, 0.6) is 5.88 Å². The van der Waals surface area contributed by atoms with Crippen molar-refractivity contribution >= 4 is 22.6 Å². The molecule has 0 aromatic carbocycles. The second-order valence-corrected chi connectivity index (χ2v) is 10.2. The highest BCUT2D eigenvalue weighted by molar-refractivity contribution is 6.07. The van der Waals surface area contributed by atoms with Gasteiger partial charge in [-0.3, -0.25) is 14.3 Å². The molecular weight excluding hydrogens is 441 g/mol. The molecule has 178 valence electrons. The number of nitrogens with zero attached hydrogens (tertiary/aromatic N) is 4. The quantitative estimate of drug-likeness (QED) is 0.598. The van der Waals surface area contributed by atoms with Gasteiger partial charge in [-0.1, -0.05) is 0 Å². The monoisotopic (exact) mass is 467 g/mol. The Morgan fingerprint density at radius 1 is 1.38 bits per heavy atom. The van der Waals surface area contributed by atoms with Crippen LogP contribution < -0.4 is 15.6 Å². The molecule has 2 saturated carbocycles. The summed E-state index contributed by atoms with van der Waals surface area (Å²) in [6.07, 6.45) is 4.25. The summed E-state index contributed by atoms with van der Waals surface area (Å²) in [5.74, 6) is -0.384. The molecule has 5 heterocycles. The van der Waals surface area contributed by atoms with Crippen molar-refractivity contribution in [2.24, 2.45) is 0 Å². The van der Waals surface area contributed by atoms with Crippen LogP contribution in [0.15, 0.2) is 35.4 Å². The van der Waals surface area contributed by atoms with E-state index in [1.54, 1.807) is 12.1 Å². The van der Waals surface area contributed by atoms with Crippen molar-refractivity contribution in [3.63, 3.8) is 0 Å². The molecule has 2 atom stereocenters. The second-order valence-electron chi connectivity index (χ2n) is 10.2. The van der Waals surface area contributed by atoms with Crippen LogP contribution in [0.4, 0.5) is 10.1 Å². The summed E-state index contributed by atoms with van der Waals surface area (Å²) in [6.45, 7) is 6.39. The van der Waals surface area contributed by atoms with Crippen molar-refractivity contribution in [1.29, 1.82) is 0 Å². The van der Waals surface area contributed by atoms with E-state index in [0.717, 1.165) is 12.8 Å². The average Bonchev–Trinajstić information content (AvgIpc) is 3.08. The number of hydrogen-bond acceptors (Lipinski definition) is 6. The van der Waals surface area contributed by atoms with Gasteiger partial charge in [-0.15, -0.1) is 0 Å². The molecule has 2 bridgehead atoms. The topological polar surface area (TPSA) is 100 Å². The molecular formula is C24H26FN5O4. The SMILES string of the molecule is CC(C)Oc1nc2nn(C34COC(C)(C3)C4)cc2cc1C(=O)Nc1cccn([C@@H]2C[C@@H]2F)c1=O. The van der Waals surface area contributed by atoms with E-state index in [-0.39, 0.29) is 34.4 Å². The molecule has 10 heteroatoms. The smallest absolute Gasteiger partial charge is 0.274 e. The molecule has 3 aromatic rings. The van der Waals surface area contributed by atoms with Gasteiger partial charge >= 0.3 is 0 Å². The highest BCUT2D eigenvalue weighted by Crippen LogP contribution is 2.55. The van der Waals surface area contributed by atoms with Crippen molar-refractivity contribution in [3.8, 4) is 5.88 Å². The lowest BCUT2D eigenvalue weighted by molar-refractivity contribution is 0.00381. The number of nitrogens with one attached hydrogen (secondary N) is 1. The van der Waals surface area contributed by atoms with E-state index in [0.29, 0.717) is 24.1 Å². The molecule has 0 radical (unpaired) electrons. The van der Waals surface area contributed by atoms with Crippen LogP contribution in [0.2, 0.25) is 0 Å². The molecule has 2 aliphatic carbocycles. The van der Waals surface area contributed by atoms with Crippen LogP contribution in [0.1, 0.15) is 56.4 Å². The average molecular weight is 468 g/mol. The fourth-order valence-electron chi connectivity index (χ4n) is 5.24. The Bertz CT molecular complexity index is 1370. The van der Waals surface area contributed by atoms with Gasteiger partial charge in [-0.25, -0.2) is 4.39 Å². The Kier molecular flexibility index (Phi) is 4.45. The number of anilines is 1. The minimum absolute atomic E-state index is 0.0774. The van der Waals surface area contributed by atoms with Crippen molar-refractivity contribution in [1.82, 2.24) is 19.3 Å². The zero-order valence-electron chi connectivity index (χ0n) is 19.2. The Hall–Kier alpha value is -3.27. The number of amides is 1. The Morgan fingerprint density at radius 2 is 2.15 bits per heavy atom. The van der Waals surface area contributed by atoms with E-state index in [4.69, 9.17) is 9.47 Å². The molecule has 2 saturated heterocycles. The second kappa shape index (κ2) is 7.11. The van der Waals surface area contributed by atoms with Crippen LogP contribution in [-0.4, -0.2) is 49.7 Å². The number of pyridine rings is 2. The lowest BCUT2D eigenvalue weighted by Gasteiger charge is -2.42. The van der Waals surface area contributed by atoms with E-state index < -0.39 is 23.7 Å². The minimum Gasteiger partial charge on any atom is -0.474 e. The molecule has 3 aromatic heterocycles. The van der Waals surface area contributed by atoms with Crippen LogP contribution in [0.3, 0.4) is 0 Å². The van der Waals surface area contributed by atoms with Gasteiger partial charge < -0.3 is 19.4 Å². The standard InChI is InChI=1S/C24H26FN5O4/c1-13(2)34-21-15(20(31)26-17-5-4-6-29(22(17)32)18-8-16(18)25)7-14-9-30(28-19(14)27-21)24-10-23(3,11-24)33-12-24/h4-7,9,13,16,18H,8,10-12H2,1-3H3,(H,26,31)/t16-,18+,23?,24?/m0/s1. The number of fused-ring (bicyclic) bond motifs is 2. The number of ether oxygens (including phenoxy) is 2. The van der Waals surface area contributed by atoms with Gasteiger partial charge in [0.15, 0.2) is 5.65 Å². The van der Waals surface area contributed by atoms with Crippen molar-refractivity contribution < 1.29 is 18.7 Å². The van der Waals surface area contributed by atoms with Gasteiger partial charge in [0.2, 0.25) is 5.88 Å². The number of carbonyl (C=O) groups excluding carboxylic acids is 1. The first-order chi connectivity index (χ1) is 16.2. The molecule has 4 fully saturated rings. The summed E-state index contributed by atoms with van der Waals surface area (Å²) in [6, 6.07) is 4.34. The lowest BCUT2D eigenvalue weighted by Crippen LogP contribution is -2.49. The van der Waals surface area contributed by atoms with Crippen LogP contribution in [-0.2, 0) is 10.3 Å². The first-order valence-corrected chi connectivity index (χ1v) is 11.5. The van der Waals surface area contributed by atoms with Crippen LogP contribution in [0.25, 0.3) is 11.0 Å². The van der Waals surface area contributed by atoms with Crippen LogP contribution >= 0.6 is 0 Å². The van der Waals surface area contributed by atoms with Gasteiger partial charge in [0.25, 0.3) is 11.5 Å². The fraction of sp³-hybridized carbons (Fsp3) is 0.500. The number of alkyl halides is 1. The molecule has 0 unspecified atom stereocenters. The van der Waals surface area contributed by atoms with E-state index in [1.165, 1.54) is 16.8 Å². The zero-order chi connectivity index (χ0) is 23.8. The van der Waals surface area contributed by atoms with Gasteiger partial charge in [-0.2, -0.15) is 10.1 Å². The molecule has 1 amide bonds. The summed E-state index contributed by atoms with van der Waals surface area (Å²) < 4.78 is 28.5. The van der Waals surface area contributed by atoms with Crippen molar-refractivity contribution in [3.05, 3.63) is 46.5 Å². The molecule has 9 nitrogen and oxygen atoms in total. The number of hydrogen-bond donors (Lipinski definition) is 1. The third-order valence-electron chi connectivity index (χ3n) is 6.89. The Morgan fingerprint density at radius 3 is 2.79 bits per heavy atom. The summed E-state index contributed by atoms with van der Waals surface area (Å²) in [5.41, 5.74) is 0.0451. The first kappa shape index (κ1) is 21.3. The largest absolute Gasteiger partial charge is 0.474 e.